The first-order chi connectivity index (χ1) is 7.58. The normalized spacial score (nSPS) is 19.6. The number of aromatic hydroxyl groups is 1. The summed E-state index contributed by atoms with van der Waals surface area (Å²) in [5.41, 5.74) is 0.522. The van der Waals surface area contributed by atoms with Gasteiger partial charge in [0, 0.05) is 0 Å². The molecule has 16 heavy (non-hydrogen) atoms. The number of benzene rings is 1. The van der Waals surface area contributed by atoms with Crippen molar-refractivity contribution in [2.75, 3.05) is 6.54 Å². The number of nitrogens with zero attached hydrogens (tertiary/aromatic N) is 1. The highest BCUT2D eigenvalue weighted by Gasteiger charge is 2.24. The fourth-order valence-corrected chi connectivity index (χ4v) is 1.79. The summed E-state index contributed by atoms with van der Waals surface area (Å²) in [5, 5.41) is 18.7. The second kappa shape index (κ2) is 3.92. The lowest BCUT2D eigenvalue weighted by Crippen LogP contribution is -2.34. The third-order valence-electron chi connectivity index (χ3n) is 2.53. The van der Waals surface area contributed by atoms with Crippen LogP contribution in [0.1, 0.15) is 12.5 Å². The Morgan fingerprint density at radius 3 is 3.00 bits per heavy atom. The number of amides is 1. The molecular weight excluding hydrogens is 210 g/mol. The monoisotopic (exact) mass is 223 g/mol. The predicted molar refractivity (Wildman–Crippen MR) is 56.6 cm³/mol. The fraction of sp³-hybridized carbons (Fsp3) is 0.364. The minimum absolute atomic E-state index is 0.0675. The van der Waals surface area contributed by atoms with Gasteiger partial charge in [-0.15, -0.1) is 0 Å². The van der Waals surface area contributed by atoms with Crippen molar-refractivity contribution in [2.24, 2.45) is 0 Å². The van der Waals surface area contributed by atoms with Crippen LogP contribution in [0.3, 0.4) is 0 Å². The maximum absolute atomic E-state index is 11.0. The van der Waals surface area contributed by atoms with Gasteiger partial charge in [-0.2, -0.15) is 0 Å². The van der Waals surface area contributed by atoms with Crippen molar-refractivity contribution in [1.82, 2.24) is 4.90 Å². The van der Waals surface area contributed by atoms with E-state index in [0.29, 0.717) is 17.9 Å². The van der Waals surface area contributed by atoms with Crippen LogP contribution in [-0.2, 0) is 6.54 Å². The number of ether oxygens (including phenoxy) is 1. The first-order valence-electron chi connectivity index (χ1n) is 5.03. The average molecular weight is 223 g/mol. The predicted octanol–water partition coefficient (Wildman–Crippen LogP) is 1.65. The SMILES string of the molecule is C[C@H]1CN(C(=O)O)Cc2c(O)cccc2O1. The molecule has 1 heterocycles. The molecule has 0 unspecified atom stereocenters. The summed E-state index contributed by atoms with van der Waals surface area (Å²) in [6, 6.07) is 4.94. The first kappa shape index (κ1) is 10.6. The van der Waals surface area contributed by atoms with Gasteiger partial charge in [-0.3, -0.25) is 0 Å². The van der Waals surface area contributed by atoms with Crippen molar-refractivity contribution in [2.45, 2.75) is 19.6 Å². The largest absolute Gasteiger partial charge is 0.507 e. The molecular formula is C11H13NO4. The lowest BCUT2D eigenvalue weighted by Gasteiger charge is -2.18. The van der Waals surface area contributed by atoms with E-state index in [4.69, 9.17) is 9.84 Å². The van der Waals surface area contributed by atoms with Gasteiger partial charge >= 0.3 is 6.09 Å². The number of rotatable bonds is 0. The highest BCUT2D eigenvalue weighted by molar-refractivity contribution is 5.65. The molecule has 86 valence electrons. The van der Waals surface area contributed by atoms with Gasteiger partial charge in [0.2, 0.25) is 0 Å². The first-order valence-corrected chi connectivity index (χ1v) is 5.03. The molecule has 0 saturated carbocycles. The average Bonchev–Trinajstić information content (AvgIpc) is 2.37. The minimum atomic E-state index is -1.01. The van der Waals surface area contributed by atoms with Crippen LogP contribution < -0.4 is 4.74 Å². The molecule has 0 aromatic heterocycles. The number of fused-ring (bicyclic) bond motifs is 1. The Labute approximate surface area is 92.9 Å². The van der Waals surface area contributed by atoms with E-state index in [-0.39, 0.29) is 18.4 Å². The Balaban J connectivity index is 2.40. The van der Waals surface area contributed by atoms with Gasteiger partial charge in [0.1, 0.15) is 17.6 Å². The molecule has 1 amide bonds. The zero-order valence-corrected chi connectivity index (χ0v) is 8.88. The van der Waals surface area contributed by atoms with Gasteiger partial charge in [0.05, 0.1) is 18.7 Å². The van der Waals surface area contributed by atoms with E-state index in [0.717, 1.165) is 0 Å². The van der Waals surface area contributed by atoms with Crippen molar-refractivity contribution in [1.29, 1.82) is 0 Å². The Kier molecular flexibility index (Phi) is 2.60. The van der Waals surface area contributed by atoms with Crippen LogP contribution in [0.25, 0.3) is 0 Å². The molecule has 0 bridgehead atoms. The van der Waals surface area contributed by atoms with E-state index in [1.807, 2.05) is 0 Å². The summed E-state index contributed by atoms with van der Waals surface area (Å²) >= 11 is 0. The molecule has 0 radical (unpaired) electrons. The molecule has 5 nitrogen and oxygen atoms in total. The summed E-state index contributed by atoms with van der Waals surface area (Å²) in [6.07, 6.45) is -1.23. The number of phenolic OH excluding ortho intramolecular Hbond substituents is 1. The third-order valence-corrected chi connectivity index (χ3v) is 2.53. The molecule has 1 aromatic carbocycles. The van der Waals surface area contributed by atoms with Gasteiger partial charge < -0.3 is 19.8 Å². The molecule has 0 fully saturated rings. The summed E-state index contributed by atoms with van der Waals surface area (Å²) in [6.45, 7) is 2.25. The van der Waals surface area contributed by atoms with Crippen LogP contribution in [0.15, 0.2) is 18.2 Å². The van der Waals surface area contributed by atoms with Crippen molar-refractivity contribution in [3.05, 3.63) is 23.8 Å². The fourth-order valence-electron chi connectivity index (χ4n) is 1.79. The van der Waals surface area contributed by atoms with E-state index >= 15 is 0 Å². The molecule has 1 aromatic rings. The summed E-state index contributed by atoms with van der Waals surface area (Å²) in [5.74, 6) is 0.620. The zero-order valence-electron chi connectivity index (χ0n) is 8.88. The molecule has 0 spiro atoms. The van der Waals surface area contributed by atoms with Crippen molar-refractivity contribution in [3.8, 4) is 11.5 Å². The van der Waals surface area contributed by atoms with E-state index in [1.165, 1.54) is 11.0 Å². The van der Waals surface area contributed by atoms with Crippen LogP contribution >= 0.6 is 0 Å². The van der Waals surface area contributed by atoms with Gasteiger partial charge in [-0.25, -0.2) is 4.79 Å². The Morgan fingerprint density at radius 1 is 1.56 bits per heavy atom. The van der Waals surface area contributed by atoms with Crippen LogP contribution in [0, 0.1) is 0 Å². The van der Waals surface area contributed by atoms with Crippen LogP contribution in [-0.4, -0.2) is 33.9 Å². The molecule has 0 aliphatic carbocycles. The number of hydrogen-bond acceptors (Lipinski definition) is 3. The Morgan fingerprint density at radius 2 is 2.31 bits per heavy atom. The van der Waals surface area contributed by atoms with Gasteiger partial charge in [-0.05, 0) is 19.1 Å². The lowest BCUT2D eigenvalue weighted by molar-refractivity contribution is 0.121. The molecule has 1 atom stereocenters. The standard InChI is InChI=1S/C11H13NO4/c1-7-5-12(11(14)15)6-8-9(13)3-2-4-10(8)16-7/h2-4,7,13H,5-6H2,1H3,(H,14,15)/t7-/m0/s1. The highest BCUT2D eigenvalue weighted by Crippen LogP contribution is 2.31. The number of carbonyl (C=O) groups is 1. The topological polar surface area (TPSA) is 70.0 Å². The maximum Gasteiger partial charge on any atom is 0.407 e. The van der Waals surface area contributed by atoms with E-state index in [9.17, 15) is 9.90 Å². The van der Waals surface area contributed by atoms with E-state index in [2.05, 4.69) is 0 Å². The van der Waals surface area contributed by atoms with Crippen LogP contribution in [0.2, 0.25) is 0 Å². The molecule has 2 N–H and O–H groups in total. The van der Waals surface area contributed by atoms with Crippen molar-refractivity contribution < 1.29 is 19.7 Å². The highest BCUT2D eigenvalue weighted by atomic mass is 16.5. The Bertz CT molecular complexity index is 418. The smallest absolute Gasteiger partial charge is 0.407 e. The molecule has 1 aliphatic rings. The summed E-state index contributed by atoms with van der Waals surface area (Å²) in [4.78, 5) is 12.2. The van der Waals surface area contributed by atoms with Gasteiger partial charge in [0.25, 0.3) is 0 Å². The van der Waals surface area contributed by atoms with Crippen LogP contribution in [0.5, 0.6) is 11.5 Å². The molecule has 0 saturated heterocycles. The quantitative estimate of drug-likeness (QED) is 0.701. The summed E-state index contributed by atoms with van der Waals surface area (Å²) in [7, 11) is 0. The molecule has 5 heteroatoms. The molecule has 1 aliphatic heterocycles. The minimum Gasteiger partial charge on any atom is -0.507 e. The van der Waals surface area contributed by atoms with Gasteiger partial charge in [0.15, 0.2) is 0 Å². The second-order valence-corrected chi connectivity index (χ2v) is 3.85. The van der Waals surface area contributed by atoms with Crippen molar-refractivity contribution in [3.63, 3.8) is 0 Å². The lowest BCUT2D eigenvalue weighted by atomic mass is 10.1. The third kappa shape index (κ3) is 1.88. The number of hydrogen-bond donors (Lipinski definition) is 2. The van der Waals surface area contributed by atoms with Gasteiger partial charge in [-0.1, -0.05) is 6.07 Å². The number of phenols is 1. The van der Waals surface area contributed by atoms with Crippen molar-refractivity contribution >= 4 is 6.09 Å². The Hall–Kier alpha value is -1.91. The number of carboxylic acid groups (broad SMARTS) is 1. The molecule has 2 rings (SSSR count). The second-order valence-electron chi connectivity index (χ2n) is 3.85. The van der Waals surface area contributed by atoms with E-state index in [1.54, 1.807) is 19.1 Å². The summed E-state index contributed by atoms with van der Waals surface area (Å²) < 4.78 is 5.55. The zero-order chi connectivity index (χ0) is 11.7. The van der Waals surface area contributed by atoms with Crippen LogP contribution in [0.4, 0.5) is 4.79 Å². The maximum atomic E-state index is 11.0. The van der Waals surface area contributed by atoms with E-state index < -0.39 is 6.09 Å².